The Labute approximate surface area is 141 Å². The molecule has 0 radical (unpaired) electrons. The minimum absolute atomic E-state index is 0.00457. The fourth-order valence-electron chi connectivity index (χ4n) is 3.22. The highest BCUT2D eigenvalue weighted by Gasteiger charge is 2.18. The molecule has 1 fully saturated rings. The molecular weight excluding hydrogens is 330 g/mol. The molecule has 3 aromatic rings. The number of hydrogen-bond acceptors (Lipinski definition) is 4. The lowest BCUT2D eigenvalue weighted by atomic mass is 10.3. The van der Waals surface area contributed by atoms with Crippen LogP contribution in [0.3, 0.4) is 0 Å². The summed E-state index contributed by atoms with van der Waals surface area (Å²) in [5.41, 5.74) is -0.0876. The molecule has 0 bridgehead atoms. The van der Waals surface area contributed by atoms with Crippen LogP contribution < -0.4 is 10.5 Å². The molecule has 1 aliphatic rings. The summed E-state index contributed by atoms with van der Waals surface area (Å²) in [5, 5.41) is 7.67. The van der Waals surface area contributed by atoms with Crippen LogP contribution in [-0.4, -0.2) is 44.2 Å². The molecule has 1 aromatic carbocycles. The van der Waals surface area contributed by atoms with Crippen LogP contribution >= 0.6 is 0 Å². The number of fused-ring (bicyclic) bond motifs is 1. The van der Waals surface area contributed by atoms with E-state index in [1.165, 1.54) is 34.7 Å². The molecule has 130 valence electrons. The first-order chi connectivity index (χ1) is 12.1. The van der Waals surface area contributed by atoms with E-state index in [0.29, 0.717) is 6.54 Å². The zero-order chi connectivity index (χ0) is 17.4. The largest absolute Gasteiger partial charge is 0.333 e. The first-order valence-electron chi connectivity index (χ1n) is 8.23. The number of quaternary nitrogens is 1. The van der Waals surface area contributed by atoms with Gasteiger partial charge in [0.15, 0.2) is 17.0 Å². The highest BCUT2D eigenvalue weighted by molar-refractivity contribution is 5.70. The van der Waals surface area contributed by atoms with Gasteiger partial charge in [0.2, 0.25) is 0 Å². The van der Waals surface area contributed by atoms with E-state index in [9.17, 15) is 13.6 Å². The van der Waals surface area contributed by atoms with Gasteiger partial charge in [-0.05, 0) is 12.1 Å². The van der Waals surface area contributed by atoms with Gasteiger partial charge in [-0.1, -0.05) is 5.21 Å². The number of halogens is 2. The van der Waals surface area contributed by atoms with Gasteiger partial charge in [-0.2, -0.15) is 4.68 Å². The summed E-state index contributed by atoms with van der Waals surface area (Å²) in [6.07, 6.45) is 3.87. The number of benzene rings is 1. The molecule has 1 aliphatic heterocycles. The minimum atomic E-state index is -0.796. The second-order valence-electron chi connectivity index (χ2n) is 6.22. The van der Waals surface area contributed by atoms with Gasteiger partial charge in [0.1, 0.15) is 17.8 Å². The zero-order valence-electron chi connectivity index (χ0n) is 13.5. The molecule has 0 atom stereocenters. The fraction of sp³-hybridized carbons (Fsp3) is 0.375. The van der Waals surface area contributed by atoms with Gasteiger partial charge in [0.05, 0.1) is 26.2 Å². The maximum Gasteiger partial charge on any atom is 0.283 e. The Hall–Kier alpha value is -2.68. The van der Waals surface area contributed by atoms with Gasteiger partial charge < -0.3 is 4.90 Å². The smallest absolute Gasteiger partial charge is 0.283 e. The van der Waals surface area contributed by atoms with Gasteiger partial charge in [0.25, 0.3) is 5.56 Å². The number of aromatic nitrogens is 5. The molecule has 7 nitrogen and oxygen atoms in total. The Balaban J connectivity index is 1.68. The fourth-order valence-corrected chi connectivity index (χ4v) is 3.22. The SMILES string of the molecule is O=c1c2nnn(-c3ccc(F)cc3F)c2ncn1CC[NH+]1CCCC1. The normalized spacial score (nSPS) is 15.3. The van der Waals surface area contributed by atoms with E-state index in [0.717, 1.165) is 36.4 Å². The third kappa shape index (κ3) is 2.91. The summed E-state index contributed by atoms with van der Waals surface area (Å²) in [5.74, 6) is -1.49. The summed E-state index contributed by atoms with van der Waals surface area (Å²) in [6, 6.07) is 3.11. The molecule has 0 unspecified atom stereocenters. The third-order valence-corrected chi connectivity index (χ3v) is 4.58. The number of nitrogens with one attached hydrogen (secondary N) is 1. The van der Waals surface area contributed by atoms with Crippen molar-refractivity contribution in [1.82, 2.24) is 24.5 Å². The molecule has 4 rings (SSSR count). The van der Waals surface area contributed by atoms with Gasteiger partial charge in [-0.15, -0.1) is 5.10 Å². The van der Waals surface area contributed by atoms with Gasteiger partial charge >= 0.3 is 0 Å². The molecule has 1 saturated heterocycles. The van der Waals surface area contributed by atoms with E-state index in [2.05, 4.69) is 15.3 Å². The van der Waals surface area contributed by atoms with E-state index < -0.39 is 11.6 Å². The maximum atomic E-state index is 14.0. The van der Waals surface area contributed by atoms with Crippen molar-refractivity contribution in [2.24, 2.45) is 0 Å². The zero-order valence-corrected chi connectivity index (χ0v) is 13.5. The lowest BCUT2D eigenvalue weighted by Crippen LogP contribution is -3.10. The van der Waals surface area contributed by atoms with Crippen molar-refractivity contribution in [2.75, 3.05) is 19.6 Å². The van der Waals surface area contributed by atoms with Crippen LogP contribution in [-0.2, 0) is 6.54 Å². The Bertz CT molecular complexity index is 976. The monoisotopic (exact) mass is 347 g/mol. The third-order valence-electron chi connectivity index (χ3n) is 4.58. The molecule has 0 aliphatic carbocycles. The summed E-state index contributed by atoms with van der Waals surface area (Å²) >= 11 is 0. The van der Waals surface area contributed by atoms with Crippen LogP contribution in [0.15, 0.2) is 29.3 Å². The Morgan fingerprint density at radius 2 is 2.00 bits per heavy atom. The van der Waals surface area contributed by atoms with Crippen LogP contribution in [0.1, 0.15) is 12.8 Å². The van der Waals surface area contributed by atoms with Crippen molar-refractivity contribution in [1.29, 1.82) is 0 Å². The quantitative estimate of drug-likeness (QED) is 0.718. The Morgan fingerprint density at radius 3 is 2.76 bits per heavy atom. The van der Waals surface area contributed by atoms with Crippen LogP contribution in [0.25, 0.3) is 16.9 Å². The van der Waals surface area contributed by atoms with Crippen LogP contribution in [0.5, 0.6) is 0 Å². The predicted octanol–water partition coefficient (Wildman–Crippen LogP) is -0.0659. The lowest BCUT2D eigenvalue weighted by Gasteiger charge is -2.12. The molecule has 2 aromatic heterocycles. The molecule has 25 heavy (non-hydrogen) atoms. The first-order valence-corrected chi connectivity index (χ1v) is 8.23. The second-order valence-corrected chi connectivity index (χ2v) is 6.22. The summed E-state index contributed by atoms with van der Waals surface area (Å²) in [7, 11) is 0. The Kier molecular flexibility index (Phi) is 4.00. The highest BCUT2D eigenvalue weighted by atomic mass is 19.1. The van der Waals surface area contributed by atoms with E-state index in [1.807, 2.05) is 0 Å². The second kappa shape index (κ2) is 6.32. The molecule has 0 spiro atoms. The summed E-state index contributed by atoms with van der Waals surface area (Å²) in [4.78, 5) is 18.3. The van der Waals surface area contributed by atoms with Gasteiger partial charge in [-0.3, -0.25) is 9.36 Å². The van der Waals surface area contributed by atoms with Crippen LogP contribution in [0.4, 0.5) is 8.78 Å². The van der Waals surface area contributed by atoms with Crippen molar-refractivity contribution in [3.05, 3.63) is 46.5 Å². The van der Waals surface area contributed by atoms with Crippen molar-refractivity contribution in [3.8, 4) is 5.69 Å². The Morgan fingerprint density at radius 1 is 1.20 bits per heavy atom. The number of nitrogens with zero attached hydrogens (tertiary/aromatic N) is 5. The van der Waals surface area contributed by atoms with Crippen molar-refractivity contribution in [2.45, 2.75) is 19.4 Å². The summed E-state index contributed by atoms with van der Waals surface area (Å²) < 4.78 is 29.7. The van der Waals surface area contributed by atoms with Crippen LogP contribution in [0, 0.1) is 11.6 Å². The maximum absolute atomic E-state index is 14.0. The van der Waals surface area contributed by atoms with E-state index in [1.54, 1.807) is 0 Å². The topological polar surface area (TPSA) is 70.0 Å². The average Bonchev–Trinajstić information content (AvgIpc) is 3.24. The summed E-state index contributed by atoms with van der Waals surface area (Å²) in [6.45, 7) is 3.66. The molecule has 1 N–H and O–H groups in total. The first kappa shape index (κ1) is 15.8. The average molecular weight is 347 g/mol. The minimum Gasteiger partial charge on any atom is -0.333 e. The highest BCUT2D eigenvalue weighted by Crippen LogP contribution is 2.16. The van der Waals surface area contributed by atoms with Crippen LogP contribution in [0.2, 0.25) is 0 Å². The van der Waals surface area contributed by atoms with Crippen molar-refractivity contribution in [3.63, 3.8) is 0 Å². The molecule has 9 heteroatoms. The van der Waals surface area contributed by atoms with E-state index >= 15 is 0 Å². The number of likely N-dealkylation sites (tertiary alicyclic amines) is 1. The number of hydrogen-bond donors (Lipinski definition) is 1. The van der Waals surface area contributed by atoms with Gasteiger partial charge in [-0.25, -0.2) is 13.8 Å². The van der Waals surface area contributed by atoms with Gasteiger partial charge in [0, 0.05) is 18.9 Å². The van der Waals surface area contributed by atoms with Crippen molar-refractivity contribution < 1.29 is 13.7 Å². The van der Waals surface area contributed by atoms with E-state index in [-0.39, 0.29) is 22.4 Å². The number of rotatable bonds is 4. The molecular formula is C16H17F2N6O+. The molecule has 3 heterocycles. The van der Waals surface area contributed by atoms with E-state index in [4.69, 9.17) is 0 Å². The molecule has 0 amide bonds. The lowest BCUT2D eigenvalue weighted by molar-refractivity contribution is -0.888. The standard InChI is InChI=1S/C16H16F2N6O/c17-11-3-4-13(12(18)9-11)24-15-14(20-21-24)16(25)23(10-19-15)8-7-22-5-1-2-6-22/h3-4,9-10H,1-2,5-8H2/p+1. The van der Waals surface area contributed by atoms with Crippen molar-refractivity contribution >= 4 is 11.2 Å². The molecule has 0 saturated carbocycles. The predicted molar refractivity (Wildman–Crippen MR) is 85.6 cm³/mol.